The van der Waals surface area contributed by atoms with Crippen LogP contribution < -0.4 is 43.7 Å². The van der Waals surface area contributed by atoms with Crippen LogP contribution in [0.2, 0.25) is 0 Å². The molecule has 0 radical (unpaired) electrons. The maximum atomic E-state index is 2.61. The summed E-state index contributed by atoms with van der Waals surface area (Å²) in [5.74, 6) is 0. The molecule has 11 rings (SSSR count). The highest BCUT2D eigenvalue weighted by molar-refractivity contribution is 8.34. The van der Waals surface area contributed by atoms with E-state index in [4.69, 9.17) is 0 Å². The molecule has 0 atom stereocenters. The lowest BCUT2D eigenvalue weighted by atomic mass is 9.63. The average Bonchev–Trinajstić information content (AvgIpc) is 3.89. The van der Waals surface area contributed by atoms with Crippen molar-refractivity contribution in [2.24, 2.45) is 0 Å². The fourth-order valence-electron chi connectivity index (χ4n) is 10.9. The van der Waals surface area contributed by atoms with E-state index in [9.17, 15) is 0 Å². The van der Waals surface area contributed by atoms with Crippen LogP contribution in [-0.2, 0) is 0 Å². The number of benzene rings is 9. The van der Waals surface area contributed by atoms with E-state index in [1.54, 1.807) is 0 Å². The minimum Gasteiger partial charge on any atom is -0.310 e. The van der Waals surface area contributed by atoms with Crippen molar-refractivity contribution in [1.29, 1.82) is 0 Å². The Morgan fingerprint density at radius 3 is 1.35 bits per heavy atom. The summed E-state index contributed by atoms with van der Waals surface area (Å²) in [5.41, 5.74) is 20.8. The smallest absolute Gasteiger partial charge is 0.141 e. The van der Waals surface area contributed by atoms with Gasteiger partial charge in [-0.05, 0) is 95.2 Å². The van der Waals surface area contributed by atoms with E-state index in [0.717, 1.165) is 5.69 Å². The van der Waals surface area contributed by atoms with E-state index in [1.165, 1.54) is 124 Å². The number of hydrogen-bond donors (Lipinski definition) is 0. The summed E-state index contributed by atoms with van der Waals surface area (Å²) >= 11 is 0. The fourth-order valence-corrected chi connectivity index (χ4v) is 14.9. The molecule has 0 unspecified atom stereocenters. The molecular formula is C54H46B8N2S. The van der Waals surface area contributed by atoms with E-state index in [0.29, 0.717) is 0 Å². The molecule has 0 amide bonds. The second-order valence-corrected chi connectivity index (χ2v) is 21.0. The Morgan fingerprint density at radius 1 is 0.323 bits per heavy atom. The molecule has 2 nitrogen and oxygen atoms in total. The minimum absolute atomic E-state index is 1.15. The molecule has 2 heterocycles. The van der Waals surface area contributed by atoms with Crippen LogP contribution in [0.1, 0.15) is 0 Å². The number of para-hydroxylation sites is 2. The zero-order chi connectivity index (χ0) is 44.7. The van der Waals surface area contributed by atoms with Gasteiger partial charge in [0.2, 0.25) is 0 Å². The van der Waals surface area contributed by atoms with E-state index in [1.807, 2.05) is 0 Å². The van der Waals surface area contributed by atoms with Crippen molar-refractivity contribution in [3.8, 4) is 22.5 Å². The summed E-state index contributed by atoms with van der Waals surface area (Å²) in [5, 5.41) is 5.26. The zero-order valence-corrected chi connectivity index (χ0v) is 39.4. The van der Waals surface area contributed by atoms with Gasteiger partial charge in [-0.1, -0.05) is 136 Å². The lowest BCUT2D eigenvalue weighted by Gasteiger charge is -2.42. The van der Waals surface area contributed by atoms with Crippen LogP contribution in [0.25, 0.3) is 66.1 Å². The van der Waals surface area contributed by atoms with Crippen LogP contribution in [-0.4, -0.2) is 71.9 Å². The molecule has 0 aliphatic rings. The summed E-state index contributed by atoms with van der Waals surface area (Å²) in [7, 11) is 16.6. The summed E-state index contributed by atoms with van der Waals surface area (Å²) in [4.78, 5) is 5.24. The lowest BCUT2D eigenvalue weighted by molar-refractivity contribution is 1.15. The maximum Gasteiger partial charge on any atom is 0.141 e. The average molecular weight is 842 g/mol. The number of fused-ring (bicyclic) bond motifs is 6. The molecule has 9 aromatic carbocycles. The van der Waals surface area contributed by atoms with Gasteiger partial charge in [0.15, 0.2) is 0 Å². The van der Waals surface area contributed by atoms with Crippen molar-refractivity contribution in [3.05, 3.63) is 182 Å². The first-order valence-electron chi connectivity index (χ1n) is 22.9. The second kappa shape index (κ2) is 15.9. The molecule has 0 aliphatic carbocycles. The normalized spacial score (nSPS) is 12.1. The Morgan fingerprint density at radius 2 is 0.785 bits per heavy atom. The molecule has 65 heavy (non-hydrogen) atoms. The minimum atomic E-state index is -1.87. The summed E-state index contributed by atoms with van der Waals surface area (Å²) in [6.07, 6.45) is 0. The lowest BCUT2D eigenvalue weighted by Crippen LogP contribution is -2.49. The second-order valence-electron chi connectivity index (χ2n) is 17.9. The standard InChI is InChI=1S/C54H46B8N2S/c55-45-43-44-46(56)48(58)50(60)52(62)54(44)64(53(43)51(61)49(59)47(45)57)40-25-12-10-23-37(40)31-27-28-42-39(29-31)38-24-11-13-26-41(38)63(42)32-15-14-22-36(30-32)65(33-16-4-1-5-17-33,34-18-6-2-7-19-34)35-20-8-3-9-21-35/h1-30H,55-62H2. The number of nitrogens with zero attached hydrogens (tertiary/aromatic N) is 2. The summed E-state index contributed by atoms with van der Waals surface area (Å²) < 4.78 is 5.10. The molecule has 0 saturated carbocycles. The summed E-state index contributed by atoms with van der Waals surface area (Å²) in [6, 6.07) is 67.9. The predicted octanol–water partition coefficient (Wildman–Crippen LogP) is 0.956. The van der Waals surface area contributed by atoms with Gasteiger partial charge in [0.05, 0.1) is 16.7 Å². The monoisotopic (exact) mass is 842 g/mol. The van der Waals surface area contributed by atoms with Crippen molar-refractivity contribution in [3.63, 3.8) is 0 Å². The van der Waals surface area contributed by atoms with E-state index in [2.05, 4.69) is 254 Å². The van der Waals surface area contributed by atoms with Crippen LogP contribution in [0.5, 0.6) is 0 Å². The number of aromatic nitrogens is 2. The van der Waals surface area contributed by atoms with Crippen LogP contribution in [0.3, 0.4) is 0 Å². The highest BCUT2D eigenvalue weighted by atomic mass is 32.3. The zero-order valence-electron chi connectivity index (χ0n) is 38.6. The van der Waals surface area contributed by atoms with Crippen LogP contribution in [0.4, 0.5) is 0 Å². The third-order valence-electron chi connectivity index (χ3n) is 14.9. The number of hydrogen-bond acceptors (Lipinski definition) is 0. The molecule has 302 valence electrons. The fraction of sp³-hybridized carbons (Fsp3) is 0. The van der Waals surface area contributed by atoms with Gasteiger partial charge >= 0.3 is 0 Å². The van der Waals surface area contributed by atoms with Crippen molar-refractivity contribution in [2.45, 2.75) is 19.6 Å². The molecule has 0 fully saturated rings. The molecule has 0 N–H and O–H groups in total. The van der Waals surface area contributed by atoms with Crippen molar-refractivity contribution < 1.29 is 0 Å². The van der Waals surface area contributed by atoms with Crippen LogP contribution >= 0.6 is 10.0 Å². The first-order chi connectivity index (χ1) is 31.6. The molecular weight excluding hydrogens is 795 g/mol. The molecule has 0 bridgehead atoms. The largest absolute Gasteiger partial charge is 0.310 e. The quantitative estimate of drug-likeness (QED) is 0.212. The Kier molecular flexibility index (Phi) is 10.0. The maximum absolute atomic E-state index is 2.61. The molecule has 0 spiro atoms. The van der Waals surface area contributed by atoms with Crippen LogP contribution in [0.15, 0.2) is 202 Å². The van der Waals surface area contributed by atoms with Gasteiger partial charge in [-0.25, -0.2) is 0 Å². The first-order valence-corrected chi connectivity index (χ1v) is 24.5. The highest BCUT2D eigenvalue weighted by Crippen LogP contribution is 2.73. The van der Waals surface area contributed by atoms with Gasteiger partial charge in [0.25, 0.3) is 0 Å². The van der Waals surface area contributed by atoms with Gasteiger partial charge in [-0.15, -0.1) is 21.0 Å². The van der Waals surface area contributed by atoms with Gasteiger partial charge in [0, 0.05) is 52.6 Å². The van der Waals surface area contributed by atoms with Crippen molar-refractivity contribution in [2.75, 3.05) is 0 Å². The third kappa shape index (κ3) is 6.08. The molecule has 2 aromatic heterocycles. The number of rotatable bonds is 7. The Labute approximate surface area is 391 Å². The third-order valence-corrected chi connectivity index (χ3v) is 18.8. The highest BCUT2D eigenvalue weighted by Gasteiger charge is 2.34. The van der Waals surface area contributed by atoms with Crippen molar-refractivity contribution in [1.82, 2.24) is 9.13 Å². The Hall–Kier alpha value is -6.55. The van der Waals surface area contributed by atoms with E-state index < -0.39 is 10.0 Å². The summed E-state index contributed by atoms with van der Waals surface area (Å²) in [6.45, 7) is 0. The van der Waals surface area contributed by atoms with Crippen molar-refractivity contribution >= 4 is 160 Å². The van der Waals surface area contributed by atoms with E-state index in [-0.39, 0.29) is 0 Å². The predicted molar refractivity (Wildman–Crippen MR) is 306 cm³/mol. The van der Waals surface area contributed by atoms with Crippen LogP contribution in [0, 0.1) is 0 Å². The Bertz CT molecular complexity index is 3530. The van der Waals surface area contributed by atoms with Gasteiger partial charge in [-0.3, -0.25) is 0 Å². The van der Waals surface area contributed by atoms with E-state index >= 15 is 0 Å². The molecule has 11 aromatic rings. The van der Waals surface area contributed by atoms with Gasteiger partial charge < -0.3 is 9.13 Å². The van der Waals surface area contributed by atoms with Gasteiger partial charge in [0.1, 0.15) is 62.8 Å². The molecule has 11 heteroatoms. The topological polar surface area (TPSA) is 9.86 Å². The molecule has 0 saturated heterocycles. The van der Waals surface area contributed by atoms with Gasteiger partial charge in [-0.2, -0.15) is 0 Å². The first kappa shape index (κ1) is 41.2. The molecule has 0 aliphatic heterocycles. The Balaban J connectivity index is 1.16. The SMILES string of the molecule is Bc1c(B)c(B)c2c(c1B)c1c(B)c(B)c(B)c(B)c1n2-c1ccccc1-c1ccc2c(c1)c1ccccc1n2-c1cccc(S(c2ccccc2)(c2ccccc2)c2ccccc2)c1.